The normalized spacial score (nSPS) is 15.5. The van der Waals surface area contributed by atoms with E-state index in [0.29, 0.717) is 18.6 Å². The van der Waals surface area contributed by atoms with E-state index in [1.165, 1.54) is 0 Å². The minimum absolute atomic E-state index is 0.0441. The molecule has 49 heavy (non-hydrogen) atoms. The fourth-order valence-corrected chi connectivity index (χ4v) is 4.90. The van der Waals surface area contributed by atoms with Crippen molar-refractivity contribution in [3.8, 4) is 5.75 Å². The predicted octanol–water partition coefficient (Wildman–Crippen LogP) is 10.1. The van der Waals surface area contributed by atoms with Crippen LogP contribution < -0.4 is 4.74 Å². The van der Waals surface area contributed by atoms with E-state index < -0.39 is 86.4 Å². The van der Waals surface area contributed by atoms with Crippen molar-refractivity contribution >= 4 is 9.84 Å². The first-order chi connectivity index (χ1) is 21.5. The predicted molar refractivity (Wildman–Crippen MR) is 123 cm³/mol. The van der Waals surface area contributed by atoms with E-state index in [4.69, 9.17) is 4.74 Å². The lowest BCUT2D eigenvalue weighted by molar-refractivity contribution is -0.474. The molecule has 0 amide bonds. The second-order valence-electron chi connectivity index (χ2n) is 10.2. The number of benzene rings is 1. The summed E-state index contributed by atoms with van der Waals surface area (Å²) in [5.41, 5.74) is 0. The van der Waals surface area contributed by atoms with Gasteiger partial charge >= 0.3 is 59.5 Å². The van der Waals surface area contributed by atoms with Crippen molar-refractivity contribution < 1.29 is 105 Å². The summed E-state index contributed by atoms with van der Waals surface area (Å²) in [6.45, 7) is 1.98. The van der Waals surface area contributed by atoms with Gasteiger partial charge in [-0.3, -0.25) is 0 Å². The fraction of sp³-hybridized carbons (Fsp3) is 0.750. The van der Waals surface area contributed by atoms with Crippen molar-refractivity contribution in [3.05, 3.63) is 24.3 Å². The van der Waals surface area contributed by atoms with Crippen LogP contribution in [0.25, 0.3) is 0 Å². The monoisotopic (exact) mass is 788 g/mol. The molecule has 0 fully saturated rings. The molecule has 0 spiro atoms. The molecule has 0 aliphatic rings. The van der Waals surface area contributed by atoms with Crippen LogP contribution in [0.4, 0.5) is 92.2 Å². The Morgan fingerprint density at radius 2 is 0.878 bits per heavy atom. The standard InChI is InChI=1S/C24H21F21O3S/c1-2-3-4-5-11-48-13-6-8-14(9-7-13)49(46,47)12-10-15(25,26)16(27,28)17(29,30)18(31,32)19(33,34)20(35,36)21(37,38)22(39,40)23(41,42)24(43,44)45/h6-9H,2-5,10-12H2,1H3. The SMILES string of the molecule is CCCCCCOc1ccc(S(=O)(=O)CCC(F)(F)C(F)(F)C(F)(F)C(F)(F)C(F)(F)C(F)(F)C(F)(F)C(F)(F)C(F)(F)C(F)(F)F)cc1. The highest BCUT2D eigenvalue weighted by Gasteiger charge is 2.97. The van der Waals surface area contributed by atoms with Crippen LogP contribution in [-0.4, -0.2) is 80.3 Å². The molecular formula is C24H21F21O3S. The first-order valence-corrected chi connectivity index (χ1v) is 14.6. The quantitative estimate of drug-likeness (QED) is 0.110. The maximum Gasteiger partial charge on any atom is 0.460 e. The molecular weight excluding hydrogens is 767 g/mol. The van der Waals surface area contributed by atoms with E-state index in [2.05, 4.69) is 0 Å². The largest absolute Gasteiger partial charge is 0.494 e. The molecule has 0 aromatic heterocycles. The van der Waals surface area contributed by atoms with E-state index >= 15 is 0 Å². The Morgan fingerprint density at radius 1 is 0.510 bits per heavy atom. The highest BCUT2D eigenvalue weighted by atomic mass is 32.2. The highest BCUT2D eigenvalue weighted by molar-refractivity contribution is 7.91. The molecule has 3 nitrogen and oxygen atoms in total. The molecule has 0 N–H and O–H groups in total. The van der Waals surface area contributed by atoms with Crippen LogP contribution in [0.3, 0.4) is 0 Å². The van der Waals surface area contributed by atoms with Gasteiger partial charge < -0.3 is 4.74 Å². The van der Waals surface area contributed by atoms with E-state index in [-0.39, 0.29) is 12.4 Å². The summed E-state index contributed by atoms with van der Waals surface area (Å²) in [5.74, 6) is -80.7. The first-order valence-electron chi connectivity index (χ1n) is 12.9. The number of rotatable bonds is 18. The summed E-state index contributed by atoms with van der Waals surface area (Å²) >= 11 is 0. The third kappa shape index (κ3) is 7.31. The molecule has 1 rings (SSSR count). The van der Waals surface area contributed by atoms with Crippen molar-refractivity contribution in [1.29, 1.82) is 0 Å². The minimum atomic E-state index is -9.27. The number of sulfone groups is 1. The van der Waals surface area contributed by atoms with Crippen molar-refractivity contribution in [1.82, 2.24) is 0 Å². The van der Waals surface area contributed by atoms with Crippen molar-refractivity contribution in [2.45, 2.75) is 103 Å². The maximum atomic E-state index is 14.2. The topological polar surface area (TPSA) is 43.4 Å². The molecule has 1 aromatic carbocycles. The van der Waals surface area contributed by atoms with Crippen molar-refractivity contribution in [2.75, 3.05) is 12.4 Å². The Hall–Kier alpha value is -2.50. The second kappa shape index (κ2) is 13.6. The van der Waals surface area contributed by atoms with E-state index in [1.807, 2.05) is 6.92 Å². The number of hydrogen-bond acceptors (Lipinski definition) is 3. The zero-order valence-electron chi connectivity index (χ0n) is 23.8. The number of hydrogen-bond donors (Lipinski definition) is 0. The average molecular weight is 788 g/mol. The highest BCUT2D eigenvalue weighted by Crippen LogP contribution is 2.66. The van der Waals surface area contributed by atoms with Crippen LogP contribution in [0.15, 0.2) is 29.2 Å². The Morgan fingerprint density at radius 3 is 1.24 bits per heavy atom. The van der Waals surface area contributed by atoms with Gasteiger partial charge in [-0.2, -0.15) is 92.2 Å². The van der Waals surface area contributed by atoms with Gasteiger partial charge in [-0.15, -0.1) is 0 Å². The summed E-state index contributed by atoms with van der Waals surface area (Å²) in [5, 5.41) is 0. The lowest BCUT2D eigenvalue weighted by Gasteiger charge is -2.44. The third-order valence-corrected chi connectivity index (χ3v) is 8.44. The molecule has 0 saturated carbocycles. The molecule has 0 bridgehead atoms. The van der Waals surface area contributed by atoms with Crippen LogP contribution in [0.2, 0.25) is 0 Å². The van der Waals surface area contributed by atoms with Gasteiger partial charge in [0.1, 0.15) is 5.75 Å². The molecule has 0 saturated heterocycles. The molecule has 25 heteroatoms. The number of unbranched alkanes of at least 4 members (excludes halogenated alkanes) is 3. The molecule has 0 heterocycles. The third-order valence-electron chi connectivity index (χ3n) is 6.71. The molecule has 1 aromatic rings. The Labute approximate surface area is 261 Å². The van der Waals surface area contributed by atoms with Crippen LogP contribution in [-0.2, 0) is 9.84 Å². The van der Waals surface area contributed by atoms with Crippen LogP contribution in [0, 0.1) is 0 Å². The van der Waals surface area contributed by atoms with Crippen LogP contribution >= 0.6 is 0 Å². The van der Waals surface area contributed by atoms with Gasteiger partial charge in [0.05, 0.1) is 17.3 Å². The van der Waals surface area contributed by atoms with Crippen LogP contribution in [0.5, 0.6) is 5.75 Å². The van der Waals surface area contributed by atoms with E-state index in [0.717, 1.165) is 31.4 Å². The summed E-state index contributed by atoms with van der Waals surface area (Å²) in [6.07, 6.45) is -8.39. The molecule has 0 radical (unpaired) electrons. The zero-order valence-corrected chi connectivity index (χ0v) is 24.6. The maximum absolute atomic E-state index is 14.2. The lowest BCUT2D eigenvalue weighted by atomic mass is 9.86. The summed E-state index contributed by atoms with van der Waals surface area (Å²) in [6, 6.07) is 2.91. The van der Waals surface area contributed by atoms with Crippen LogP contribution in [0.1, 0.15) is 39.0 Å². The molecule has 0 aliphatic heterocycles. The van der Waals surface area contributed by atoms with E-state index in [1.54, 1.807) is 0 Å². The molecule has 0 unspecified atom stereocenters. The van der Waals surface area contributed by atoms with E-state index in [9.17, 15) is 101 Å². The fourth-order valence-electron chi connectivity index (χ4n) is 3.59. The van der Waals surface area contributed by atoms with Gasteiger partial charge in [0, 0.05) is 6.42 Å². The Bertz CT molecular complexity index is 1370. The Balaban J connectivity index is 3.42. The second-order valence-corrected chi connectivity index (χ2v) is 12.4. The van der Waals surface area contributed by atoms with Gasteiger partial charge in [-0.05, 0) is 30.7 Å². The van der Waals surface area contributed by atoms with Gasteiger partial charge in [0.25, 0.3) is 0 Å². The summed E-state index contributed by atoms with van der Waals surface area (Å²) in [4.78, 5) is -1.05. The molecule has 288 valence electrons. The molecule has 0 aliphatic carbocycles. The number of halogens is 21. The van der Waals surface area contributed by atoms with Gasteiger partial charge in [0.2, 0.25) is 0 Å². The van der Waals surface area contributed by atoms with Gasteiger partial charge in [-0.25, -0.2) is 8.42 Å². The van der Waals surface area contributed by atoms with Gasteiger partial charge in [0.15, 0.2) is 9.84 Å². The number of alkyl halides is 21. The summed E-state index contributed by atoms with van der Waals surface area (Å²) < 4.78 is 313. The average Bonchev–Trinajstić information content (AvgIpc) is 2.95. The van der Waals surface area contributed by atoms with Crippen molar-refractivity contribution in [3.63, 3.8) is 0 Å². The lowest BCUT2D eigenvalue weighted by Crippen LogP contribution is -2.76. The van der Waals surface area contributed by atoms with Crippen molar-refractivity contribution in [2.24, 2.45) is 0 Å². The first kappa shape index (κ1) is 44.5. The number of ether oxygens (including phenoxy) is 1. The minimum Gasteiger partial charge on any atom is -0.494 e. The zero-order chi connectivity index (χ0) is 39.1. The van der Waals surface area contributed by atoms with Gasteiger partial charge in [-0.1, -0.05) is 26.2 Å². The Kier molecular flexibility index (Phi) is 12.3. The smallest absolute Gasteiger partial charge is 0.460 e. The molecule has 0 atom stereocenters. The summed E-state index contributed by atoms with van der Waals surface area (Å²) in [7, 11) is -5.31.